The summed E-state index contributed by atoms with van der Waals surface area (Å²) in [6.07, 6.45) is 0.833. The summed E-state index contributed by atoms with van der Waals surface area (Å²) in [4.78, 5) is 7.91. The van der Waals surface area contributed by atoms with Crippen molar-refractivity contribution < 1.29 is 9.13 Å². The van der Waals surface area contributed by atoms with Gasteiger partial charge in [0, 0.05) is 25.1 Å². The van der Waals surface area contributed by atoms with Crippen LogP contribution in [-0.4, -0.2) is 16.5 Å². The van der Waals surface area contributed by atoms with Crippen molar-refractivity contribution in [2.24, 2.45) is 0 Å². The number of aromatic amines is 1. The number of aromatic nitrogens is 2. The second-order valence-electron chi connectivity index (χ2n) is 6.76. The smallest absolute Gasteiger partial charge is 0.131 e. The van der Waals surface area contributed by atoms with Crippen LogP contribution in [0.2, 0.25) is 5.02 Å². The van der Waals surface area contributed by atoms with E-state index in [9.17, 15) is 4.39 Å². The molecule has 0 bridgehead atoms. The fourth-order valence-electron chi connectivity index (χ4n) is 3.09. The first-order chi connectivity index (χ1) is 14.2. The molecule has 4 aromatic rings. The van der Waals surface area contributed by atoms with Crippen LogP contribution in [0.4, 0.5) is 4.39 Å². The van der Waals surface area contributed by atoms with Crippen LogP contribution in [-0.2, 0) is 19.6 Å². The van der Waals surface area contributed by atoms with Crippen LogP contribution in [0.5, 0.6) is 5.75 Å². The van der Waals surface area contributed by atoms with Crippen molar-refractivity contribution in [1.29, 1.82) is 0 Å². The number of para-hydroxylation sites is 2. The van der Waals surface area contributed by atoms with E-state index in [0.717, 1.165) is 41.9 Å². The maximum absolute atomic E-state index is 13.8. The molecule has 0 aliphatic carbocycles. The van der Waals surface area contributed by atoms with Crippen molar-refractivity contribution in [3.05, 3.63) is 94.5 Å². The number of H-pyrrole nitrogens is 1. The van der Waals surface area contributed by atoms with Gasteiger partial charge in [0.25, 0.3) is 0 Å². The molecule has 4 rings (SSSR count). The van der Waals surface area contributed by atoms with Crippen LogP contribution >= 0.6 is 11.6 Å². The number of nitrogens with one attached hydrogen (secondary N) is 2. The third-order valence-electron chi connectivity index (χ3n) is 4.67. The molecule has 148 valence electrons. The predicted molar refractivity (Wildman–Crippen MR) is 114 cm³/mol. The molecule has 4 nitrogen and oxygen atoms in total. The van der Waals surface area contributed by atoms with E-state index in [0.29, 0.717) is 16.3 Å². The third kappa shape index (κ3) is 4.94. The summed E-state index contributed by atoms with van der Waals surface area (Å²) in [5.41, 5.74) is 3.57. The van der Waals surface area contributed by atoms with Gasteiger partial charge in [-0.15, -0.1) is 0 Å². The lowest BCUT2D eigenvalue weighted by atomic mass is 10.2. The molecule has 0 saturated heterocycles. The van der Waals surface area contributed by atoms with Gasteiger partial charge in [-0.3, -0.25) is 0 Å². The maximum Gasteiger partial charge on any atom is 0.131 e. The van der Waals surface area contributed by atoms with Crippen molar-refractivity contribution in [2.45, 2.75) is 19.6 Å². The zero-order valence-corrected chi connectivity index (χ0v) is 16.5. The topological polar surface area (TPSA) is 49.9 Å². The van der Waals surface area contributed by atoms with Gasteiger partial charge in [0.2, 0.25) is 0 Å². The Bertz CT molecular complexity index is 1040. The number of nitrogens with zero attached hydrogens (tertiary/aromatic N) is 1. The minimum absolute atomic E-state index is 0.0978. The molecule has 0 aliphatic rings. The van der Waals surface area contributed by atoms with Crippen molar-refractivity contribution in [2.75, 3.05) is 6.54 Å². The molecular formula is C23H21ClFN3O. The minimum atomic E-state index is -0.359. The number of ether oxygens (including phenoxy) is 1. The van der Waals surface area contributed by atoms with E-state index in [1.807, 2.05) is 48.5 Å². The lowest BCUT2D eigenvalue weighted by Crippen LogP contribution is -2.17. The number of rotatable bonds is 8. The van der Waals surface area contributed by atoms with Crippen LogP contribution in [0.1, 0.15) is 17.0 Å². The number of imidazole rings is 1. The second kappa shape index (κ2) is 9.07. The zero-order valence-electron chi connectivity index (χ0n) is 15.8. The summed E-state index contributed by atoms with van der Waals surface area (Å²) in [6, 6.07) is 20.4. The van der Waals surface area contributed by atoms with E-state index in [2.05, 4.69) is 15.3 Å². The fourth-order valence-corrected chi connectivity index (χ4v) is 3.31. The number of fused-ring (bicyclic) bond motifs is 1. The first-order valence-electron chi connectivity index (χ1n) is 9.48. The van der Waals surface area contributed by atoms with E-state index >= 15 is 0 Å². The number of hydrogen-bond donors (Lipinski definition) is 2. The Labute approximate surface area is 173 Å². The molecule has 0 radical (unpaired) electrons. The number of halogens is 2. The van der Waals surface area contributed by atoms with Crippen LogP contribution in [0, 0.1) is 5.82 Å². The van der Waals surface area contributed by atoms with Crippen molar-refractivity contribution in [1.82, 2.24) is 15.3 Å². The Morgan fingerprint density at radius 1 is 1.00 bits per heavy atom. The summed E-state index contributed by atoms with van der Waals surface area (Å²) in [6.45, 7) is 1.67. The highest BCUT2D eigenvalue weighted by atomic mass is 35.5. The van der Waals surface area contributed by atoms with Crippen molar-refractivity contribution >= 4 is 22.6 Å². The standard InChI is InChI=1S/C23H21ClFN3O/c24-19-4-3-5-20(25)18(19)15-29-17-10-8-16(9-11-17)14-26-13-12-23-27-21-6-1-2-7-22(21)28-23/h1-11,26H,12-15H2,(H,27,28). The van der Waals surface area contributed by atoms with Crippen molar-refractivity contribution in [3.63, 3.8) is 0 Å². The SMILES string of the molecule is Fc1cccc(Cl)c1COc1ccc(CNCCc2nc3ccccc3[nH]2)cc1. The van der Waals surface area contributed by atoms with Crippen LogP contribution < -0.4 is 10.1 Å². The molecule has 29 heavy (non-hydrogen) atoms. The summed E-state index contributed by atoms with van der Waals surface area (Å²) in [5.74, 6) is 1.30. The molecule has 0 atom stereocenters. The quantitative estimate of drug-likeness (QED) is 0.390. The molecule has 0 aliphatic heterocycles. The largest absolute Gasteiger partial charge is 0.489 e. The van der Waals surface area contributed by atoms with E-state index < -0.39 is 0 Å². The van der Waals surface area contributed by atoms with Crippen LogP contribution in [0.25, 0.3) is 11.0 Å². The van der Waals surface area contributed by atoms with Gasteiger partial charge in [-0.1, -0.05) is 41.9 Å². The Morgan fingerprint density at radius 2 is 1.83 bits per heavy atom. The average molecular weight is 410 g/mol. The van der Waals surface area contributed by atoms with Gasteiger partial charge in [-0.25, -0.2) is 9.37 Å². The summed E-state index contributed by atoms with van der Waals surface area (Å²) in [7, 11) is 0. The van der Waals surface area contributed by atoms with Gasteiger partial charge in [-0.05, 0) is 42.0 Å². The number of benzene rings is 3. The summed E-state index contributed by atoms with van der Waals surface area (Å²) >= 11 is 6.02. The number of hydrogen-bond acceptors (Lipinski definition) is 3. The Morgan fingerprint density at radius 3 is 2.62 bits per heavy atom. The monoisotopic (exact) mass is 409 g/mol. The van der Waals surface area contributed by atoms with Gasteiger partial charge in [0.1, 0.15) is 24.0 Å². The molecule has 0 amide bonds. The van der Waals surface area contributed by atoms with Crippen molar-refractivity contribution in [3.8, 4) is 5.75 Å². The first-order valence-corrected chi connectivity index (χ1v) is 9.86. The Kier molecular flexibility index (Phi) is 6.08. The average Bonchev–Trinajstić information content (AvgIpc) is 3.15. The molecule has 1 aromatic heterocycles. The van der Waals surface area contributed by atoms with Gasteiger partial charge in [-0.2, -0.15) is 0 Å². The summed E-state index contributed by atoms with van der Waals surface area (Å²) in [5, 5.41) is 3.79. The van der Waals surface area contributed by atoms with Gasteiger partial charge in [0.05, 0.1) is 16.1 Å². The molecule has 0 saturated carbocycles. The molecule has 2 N–H and O–H groups in total. The predicted octanol–water partition coefficient (Wildman–Crippen LogP) is 5.27. The Hall–Kier alpha value is -2.89. The first kappa shape index (κ1) is 19.4. The zero-order chi connectivity index (χ0) is 20.1. The normalized spacial score (nSPS) is 11.1. The van der Waals surface area contributed by atoms with E-state index in [-0.39, 0.29) is 12.4 Å². The van der Waals surface area contributed by atoms with E-state index in [4.69, 9.17) is 16.3 Å². The minimum Gasteiger partial charge on any atom is -0.489 e. The van der Waals surface area contributed by atoms with Crippen LogP contribution in [0.15, 0.2) is 66.7 Å². The molecule has 0 unspecified atom stereocenters. The highest BCUT2D eigenvalue weighted by Crippen LogP contribution is 2.21. The van der Waals surface area contributed by atoms with Gasteiger partial charge >= 0.3 is 0 Å². The molecule has 3 aromatic carbocycles. The highest BCUT2D eigenvalue weighted by molar-refractivity contribution is 6.31. The molecule has 6 heteroatoms. The van der Waals surface area contributed by atoms with E-state index in [1.54, 1.807) is 12.1 Å². The maximum atomic E-state index is 13.8. The Balaban J connectivity index is 1.24. The summed E-state index contributed by atoms with van der Waals surface area (Å²) < 4.78 is 19.5. The van der Waals surface area contributed by atoms with E-state index in [1.165, 1.54) is 6.07 Å². The van der Waals surface area contributed by atoms with Gasteiger partial charge < -0.3 is 15.0 Å². The van der Waals surface area contributed by atoms with Gasteiger partial charge in [0.15, 0.2) is 0 Å². The molecule has 1 heterocycles. The second-order valence-corrected chi connectivity index (χ2v) is 7.17. The molecule has 0 spiro atoms. The molecular weight excluding hydrogens is 389 g/mol. The molecule has 0 fully saturated rings. The fraction of sp³-hybridized carbons (Fsp3) is 0.174. The lowest BCUT2D eigenvalue weighted by Gasteiger charge is -2.10. The van der Waals surface area contributed by atoms with Crippen LogP contribution in [0.3, 0.4) is 0 Å². The third-order valence-corrected chi connectivity index (χ3v) is 5.03. The lowest BCUT2D eigenvalue weighted by molar-refractivity contribution is 0.300. The highest BCUT2D eigenvalue weighted by Gasteiger charge is 2.07.